The molecular weight excluding hydrogens is 358 g/mol. The van der Waals surface area contributed by atoms with Crippen molar-refractivity contribution in [2.24, 2.45) is 4.99 Å². The Morgan fingerprint density at radius 1 is 1.14 bits per heavy atom. The molecule has 156 valence electrons. The Labute approximate surface area is 167 Å². The van der Waals surface area contributed by atoms with Crippen molar-refractivity contribution in [2.75, 3.05) is 60.5 Å². The predicted molar refractivity (Wildman–Crippen MR) is 111 cm³/mol. The lowest BCUT2D eigenvalue weighted by atomic mass is 10.1. The van der Waals surface area contributed by atoms with Gasteiger partial charge in [0, 0.05) is 51.9 Å². The van der Waals surface area contributed by atoms with Crippen LogP contribution >= 0.6 is 0 Å². The van der Waals surface area contributed by atoms with Crippen molar-refractivity contribution in [1.82, 2.24) is 20.4 Å². The first kappa shape index (κ1) is 21.8. The number of amides is 1. The zero-order valence-electron chi connectivity index (χ0n) is 17.5. The summed E-state index contributed by atoms with van der Waals surface area (Å²) in [5, 5.41) is 6.02. The van der Waals surface area contributed by atoms with Gasteiger partial charge in [0.15, 0.2) is 5.96 Å². The number of hydrogen-bond donors (Lipinski definition) is 2. The van der Waals surface area contributed by atoms with Gasteiger partial charge < -0.3 is 25.0 Å². The third-order valence-electron chi connectivity index (χ3n) is 4.74. The van der Waals surface area contributed by atoms with E-state index < -0.39 is 0 Å². The van der Waals surface area contributed by atoms with Gasteiger partial charge in [0.1, 0.15) is 11.5 Å². The number of guanidine groups is 1. The number of benzene rings is 1. The molecule has 0 aliphatic carbocycles. The zero-order chi connectivity index (χ0) is 20.4. The van der Waals surface area contributed by atoms with E-state index >= 15 is 0 Å². The second-order valence-corrected chi connectivity index (χ2v) is 6.69. The molecule has 0 bridgehead atoms. The number of hydrogen-bond acceptors (Lipinski definition) is 5. The molecule has 1 saturated heterocycles. The van der Waals surface area contributed by atoms with E-state index in [1.54, 1.807) is 21.3 Å². The third kappa shape index (κ3) is 6.30. The number of piperazine rings is 1. The van der Waals surface area contributed by atoms with Gasteiger partial charge in [0.25, 0.3) is 0 Å². The molecule has 8 heteroatoms. The molecule has 2 N–H and O–H groups in total. The fourth-order valence-electron chi connectivity index (χ4n) is 3.18. The molecule has 28 heavy (non-hydrogen) atoms. The molecule has 1 aliphatic rings. The molecule has 1 aliphatic heterocycles. The summed E-state index contributed by atoms with van der Waals surface area (Å²) in [6, 6.07) is 5.88. The Morgan fingerprint density at radius 3 is 2.50 bits per heavy atom. The fraction of sp³-hybridized carbons (Fsp3) is 0.600. The van der Waals surface area contributed by atoms with Crippen LogP contribution in [0, 0.1) is 0 Å². The van der Waals surface area contributed by atoms with E-state index in [0.29, 0.717) is 6.54 Å². The van der Waals surface area contributed by atoms with Gasteiger partial charge in [0.05, 0.1) is 20.8 Å². The average molecular weight is 392 g/mol. The van der Waals surface area contributed by atoms with Gasteiger partial charge in [0.2, 0.25) is 5.91 Å². The maximum absolute atomic E-state index is 11.8. The van der Waals surface area contributed by atoms with Crippen molar-refractivity contribution in [3.05, 3.63) is 23.8 Å². The van der Waals surface area contributed by atoms with Gasteiger partial charge in [-0.25, -0.2) is 0 Å². The van der Waals surface area contributed by atoms with Gasteiger partial charge in [-0.05, 0) is 24.6 Å². The van der Waals surface area contributed by atoms with E-state index in [2.05, 4.69) is 25.4 Å². The lowest BCUT2D eigenvalue weighted by Crippen LogP contribution is -2.53. The van der Waals surface area contributed by atoms with Crippen LogP contribution in [0.15, 0.2) is 23.2 Å². The molecule has 0 spiro atoms. The van der Waals surface area contributed by atoms with Crippen molar-refractivity contribution < 1.29 is 14.3 Å². The van der Waals surface area contributed by atoms with E-state index in [1.165, 1.54) is 0 Å². The first-order valence-electron chi connectivity index (χ1n) is 9.76. The predicted octanol–water partition coefficient (Wildman–Crippen LogP) is 0.923. The molecule has 0 saturated carbocycles. The quantitative estimate of drug-likeness (QED) is 0.507. The lowest BCUT2D eigenvalue weighted by molar-refractivity contribution is -0.120. The van der Waals surface area contributed by atoms with Crippen LogP contribution < -0.4 is 20.1 Å². The molecule has 1 aromatic rings. The topological polar surface area (TPSA) is 78.4 Å². The number of nitrogens with zero attached hydrogens (tertiary/aromatic N) is 3. The molecule has 0 radical (unpaired) electrons. The summed E-state index contributed by atoms with van der Waals surface area (Å²) in [4.78, 5) is 20.7. The van der Waals surface area contributed by atoms with Crippen LogP contribution in [0.1, 0.15) is 18.9 Å². The van der Waals surface area contributed by atoms with E-state index in [4.69, 9.17) is 9.47 Å². The Bertz CT molecular complexity index is 657. The van der Waals surface area contributed by atoms with Crippen LogP contribution in [0.2, 0.25) is 0 Å². The molecule has 8 nitrogen and oxygen atoms in total. The number of carbonyl (C=O) groups excluding carboxylic acids is 1. The first-order valence-corrected chi connectivity index (χ1v) is 9.76. The highest BCUT2D eigenvalue weighted by atomic mass is 16.5. The number of carbonyl (C=O) groups is 1. The molecule has 1 heterocycles. The second kappa shape index (κ2) is 11.4. The van der Waals surface area contributed by atoms with E-state index in [9.17, 15) is 4.79 Å². The van der Waals surface area contributed by atoms with Crippen molar-refractivity contribution >= 4 is 11.9 Å². The normalized spacial score (nSPS) is 15.3. The van der Waals surface area contributed by atoms with E-state index in [-0.39, 0.29) is 12.5 Å². The Kier molecular flexibility index (Phi) is 8.87. The van der Waals surface area contributed by atoms with E-state index in [1.807, 2.05) is 25.1 Å². The second-order valence-electron chi connectivity index (χ2n) is 6.69. The highest BCUT2D eigenvalue weighted by Crippen LogP contribution is 2.25. The number of rotatable bonds is 8. The molecular formula is C20H33N5O3. The van der Waals surface area contributed by atoms with Crippen LogP contribution in [0.5, 0.6) is 11.5 Å². The molecule has 0 unspecified atom stereocenters. The first-order chi connectivity index (χ1) is 13.6. The summed E-state index contributed by atoms with van der Waals surface area (Å²) in [5.74, 6) is 2.47. The fourth-order valence-corrected chi connectivity index (χ4v) is 3.18. The summed E-state index contributed by atoms with van der Waals surface area (Å²) < 4.78 is 10.8. The minimum Gasteiger partial charge on any atom is -0.497 e. The molecule has 1 aromatic carbocycles. The van der Waals surface area contributed by atoms with E-state index in [0.717, 1.165) is 62.2 Å². The minimum absolute atomic E-state index is 0.00763. The summed E-state index contributed by atoms with van der Waals surface area (Å²) in [6.45, 7) is 7.30. The standard InChI is InChI=1S/C20H33N5O3/c1-5-8-22-19(26)14-23-20(21-2)25-11-9-24(10-12-25)15-16-13-17(27-3)6-7-18(16)28-4/h6-7,13H,5,8-12,14-15H2,1-4H3,(H,21,23)(H,22,26). The molecule has 0 atom stereocenters. The Balaban J connectivity index is 1.85. The summed E-state index contributed by atoms with van der Waals surface area (Å²) in [6.07, 6.45) is 0.931. The van der Waals surface area contributed by atoms with Crippen molar-refractivity contribution in [3.8, 4) is 11.5 Å². The molecule has 1 amide bonds. The average Bonchev–Trinajstić information content (AvgIpc) is 2.73. The van der Waals surface area contributed by atoms with Gasteiger partial charge in [-0.1, -0.05) is 6.92 Å². The van der Waals surface area contributed by atoms with Crippen LogP contribution in [0.3, 0.4) is 0 Å². The number of ether oxygens (including phenoxy) is 2. The van der Waals surface area contributed by atoms with Crippen LogP contribution in [-0.4, -0.2) is 82.2 Å². The smallest absolute Gasteiger partial charge is 0.239 e. The molecule has 2 rings (SSSR count). The minimum atomic E-state index is -0.00763. The van der Waals surface area contributed by atoms with Gasteiger partial charge in [-0.3, -0.25) is 14.7 Å². The highest BCUT2D eigenvalue weighted by molar-refractivity contribution is 5.86. The largest absolute Gasteiger partial charge is 0.497 e. The maximum atomic E-state index is 11.8. The van der Waals surface area contributed by atoms with Gasteiger partial charge >= 0.3 is 0 Å². The third-order valence-corrected chi connectivity index (χ3v) is 4.74. The number of nitrogens with one attached hydrogen (secondary N) is 2. The van der Waals surface area contributed by atoms with Gasteiger partial charge in [-0.15, -0.1) is 0 Å². The summed E-state index contributed by atoms with van der Waals surface area (Å²) in [7, 11) is 5.11. The summed E-state index contributed by atoms with van der Waals surface area (Å²) >= 11 is 0. The molecule has 1 fully saturated rings. The van der Waals surface area contributed by atoms with Crippen molar-refractivity contribution in [3.63, 3.8) is 0 Å². The van der Waals surface area contributed by atoms with Crippen molar-refractivity contribution in [2.45, 2.75) is 19.9 Å². The zero-order valence-corrected chi connectivity index (χ0v) is 17.5. The number of methoxy groups -OCH3 is 2. The summed E-state index contributed by atoms with van der Waals surface area (Å²) in [5.41, 5.74) is 1.12. The Morgan fingerprint density at radius 2 is 1.89 bits per heavy atom. The maximum Gasteiger partial charge on any atom is 0.239 e. The van der Waals surface area contributed by atoms with Crippen LogP contribution in [-0.2, 0) is 11.3 Å². The Hall–Kier alpha value is -2.48. The molecule has 0 aromatic heterocycles. The lowest BCUT2D eigenvalue weighted by Gasteiger charge is -2.36. The van der Waals surface area contributed by atoms with Crippen molar-refractivity contribution in [1.29, 1.82) is 0 Å². The SMILES string of the molecule is CCCNC(=O)CNC(=NC)N1CCN(Cc2cc(OC)ccc2OC)CC1. The van der Waals surface area contributed by atoms with Gasteiger partial charge in [-0.2, -0.15) is 0 Å². The monoisotopic (exact) mass is 391 g/mol. The number of aliphatic imine (C=N–C) groups is 1. The van der Waals surface area contributed by atoms with Crippen LogP contribution in [0.25, 0.3) is 0 Å². The van der Waals surface area contributed by atoms with Crippen LogP contribution in [0.4, 0.5) is 0 Å². The highest BCUT2D eigenvalue weighted by Gasteiger charge is 2.21.